The molecule has 0 radical (unpaired) electrons. The van der Waals surface area contributed by atoms with E-state index in [4.69, 9.17) is 10.8 Å². The van der Waals surface area contributed by atoms with Crippen LogP contribution in [0.25, 0.3) is 0 Å². The fourth-order valence-corrected chi connectivity index (χ4v) is 2.29. The van der Waals surface area contributed by atoms with Crippen LogP contribution in [-0.2, 0) is 4.79 Å². The Bertz CT molecular complexity index is 216. The SMILES string of the molecule is CC12CC1C(N)(C(=O)O)C2. The van der Waals surface area contributed by atoms with Crippen molar-refractivity contribution in [3.05, 3.63) is 0 Å². The summed E-state index contributed by atoms with van der Waals surface area (Å²) in [6, 6.07) is 0. The van der Waals surface area contributed by atoms with Crippen LogP contribution >= 0.6 is 0 Å². The van der Waals surface area contributed by atoms with Gasteiger partial charge in [0.05, 0.1) is 0 Å². The van der Waals surface area contributed by atoms with Crippen molar-refractivity contribution < 1.29 is 9.90 Å². The van der Waals surface area contributed by atoms with Crippen molar-refractivity contribution in [3.63, 3.8) is 0 Å². The second-order valence-corrected chi connectivity index (χ2v) is 3.93. The molecule has 0 heterocycles. The van der Waals surface area contributed by atoms with Crippen molar-refractivity contribution in [2.75, 3.05) is 0 Å². The van der Waals surface area contributed by atoms with Gasteiger partial charge in [-0.25, -0.2) is 0 Å². The molecular formula is C7H11NO2. The maximum atomic E-state index is 10.6. The molecule has 0 saturated heterocycles. The number of nitrogens with two attached hydrogens (primary N) is 1. The Balaban J connectivity index is 2.17. The third-order valence-electron chi connectivity index (χ3n) is 3.07. The van der Waals surface area contributed by atoms with Gasteiger partial charge in [-0.1, -0.05) is 6.92 Å². The number of carboxylic acids is 1. The van der Waals surface area contributed by atoms with Crippen molar-refractivity contribution in [1.29, 1.82) is 0 Å². The quantitative estimate of drug-likeness (QED) is 0.548. The van der Waals surface area contributed by atoms with E-state index < -0.39 is 11.5 Å². The van der Waals surface area contributed by atoms with Gasteiger partial charge < -0.3 is 10.8 Å². The molecule has 2 aliphatic carbocycles. The van der Waals surface area contributed by atoms with Crippen LogP contribution in [0.4, 0.5) is 0 Å². The average Bonchev–Trinajstić information content (AvgIpc) is 2.35. The van der Waals surface area contributed by atoms with E-state index in [9.17, 15) is 4.79 Å². The highest BCUT2D eigenvalue weighted by atomic mass is 16.4. The lowest BCUT2D eigenvalue weighted by Gasteiger charge is -2.38. The first-order valence-electron chi connectivity index (χ1n) is 3.51. The zero-order valence-electron chi connectivity index (χ0n) is 5.92. The normalized spacial score (nSPS) is 56.8. The molecule has 10 heavy (non-hydrogen) atoms. The van der Waals surface area contributed by atoms with Crippen LogP contribution in [0.5, 0.6) is 0 Å². The molecular weight excluding hydrogens is 130 g/mol. The molecule has 0 aromatic heterocycles. The molecule has 0 bridgehead atoms. The number of hydrogen-bond donors (Lipinski definition) is 2. The van der Waals surface area contributed by atoms with Gasteiger partial charge in [-0.15, -0.1) is 0 Å². The predicted octanol–water partition coefficient (Wildman–Crippen LogP) is 0.198. The monoisotopic (exact) mass is 141 g/mol. The third kappa shape index (κ3) is 0.440. The highest BCUT2D eigenvalue weighted by Gasteiger charge is 2.73. The number of carbonyl (C=O) groups is 1. The van der Waals surface area contributed by atoms with E-state index >= 15 is 0 Å². The summed E-state index contributed by atoms with van der Waals surface area (Å²) in [5, 5.41) is 8.68. The molecule has 2 fully saturated rings. The number of carboxylic acid groups (broad SMARTS) is 1. The zero-order valence-corrected chi connectivity index (χ0v) is 5.92. The smallest absolute Gasteiger partial charge is 0.324 e. The Morgan fingerprint density at radius 1 is 1.80 bits per heavy atom. The number of fused-ring (bicyclic) bond motifs is 1. The standard InChI is InChI=1S/C7H11NO2/c1-6-2-4(6)7(8,3-6)5(9)10/h4H,2-3,8H2,1H3,(H,9,10). The lowest BCUT2D eigenvalue weighted by atomic mass is 9.70. The molecule has 2 aliphatic rings. The van der Waals surface area contributed by atoms with Gasteiger partial charge in [-0.2, -0.15) is 0 Å². The second-order valence-electron chi connectivity index (χ2n) is 3.93. The zero-order chi connectivity index (χ0) is 7.57. The minimum absolute atomic E-state index is 0.262. The van der Waals surface area contributed by atoms with Gasteiger partial charge in [-0.3, -0.25) is 4.79 Å². The Labute approximate surface area is 59.2 Å². The maximum Gasteiger partial charge on any atom is 0.324 e. The van der Waals surface area contributed by atoms with E-state index in [2.05, 4.69) is 6.92 Å². The minimum atomic E-state index is -0.866. The lowest BCUT2D eigenvalue weighted by Crippen LogP contribution is -2.58. The molecule has 3 N–H and O–H groups in total. The molecule has 0 aromatic carbocycles. The Morgan fingerprint density at radius 3 is 2.50 bits per heavy atom. The highest BCUT2D eigenvalue weighted by Crippen LogP contribution is 2.71. The van der Waals surface area contributed by atoms with E-state index in [1.54, 1.807) is 0 Å². The molecule has 0 amide bonds. The molecule has 0 aliphatic heterocycles. The van der Waals surface area contributed by atoms with Gasteiger partial charge in [0.15, 0.2) is 0 Å². The minimum Gasteiger partial charge on any atom is -0.480 e. The number of aliphatic carboxylic acids is 1. The summed E-state index contributed by atoms with van der Waals surface area (Å²) in [6.07, 6.45) is 1.68. The summed E-state index contributed by atoms with van der Waals surface area (Å²) in [5.41, 5.74) is 5.05. The summed E-state index contributed by atoms with van der Waals surface area (Å²) in [4.78, 5) is 10.6. The second kappa shape index (κ2) is 1.23. The first kappa shape index (κ1) is 6.16. The molecule has 3 nitrogen and oxygen atoms in total. The molecule has 3 atom stereocenters. The van der Waals surface area contributed by atoms with Crippen LogP contribution in [0.15, 0.2) is 0 Å². The molecule has 2 rings (SSSR count). The van der Waals surface area contributed by atoms with Crippen molar-refractivity contribution in [3.8, 4) is 0 Å². The van der Waals surface area contributed by atoms with E-state index in [1.165, 1.54) is 0 Å². The van der Waals surface area contributed by atoms with Gasteiger partial charge in [-0.05, 0) is 24.2 Å². The predicted molar refractivity (Wildman–Crippen MR) is 35.4 cm³/mol. The van der Waals surface area contributed by atoms with Crippen LogP contribution in [0, 0.1) is 11.3 Å². The fourth-order valence-electron chi connectivity index (χ4n) is 2.29. The maximum absolute atomic E-state index is 10.6. The van der Waals surface area contributed by atoms with Crippen LogP contribution in [-0.4, -0.2) is 16.6 Å². The number of hydrogen-bond acceptors (Lipinski definition) is 2. The first-order valence-corrected chi connectivity index (χ1v) is 3.51. The van der Waals surface area contributed by atoms with E-state index in [1.807, 2.05) is 0 Å². The Morgan fingerprint density at radius 2 is 2.40 bits per heavy atom. The third-order valence-corrected chi connectivity index (χ3v) is 3.07. The summed E-state index contributed by atoms with van der Waals surface area (Å²) < 4.78 is 0. The van der Waals surface area contributed by atoms with Crippen molar-refractivity contribution in [1.82, 2.24) is 0 Å². The molecule has 56 valence electrons. The van der Waals surface area contributed by atoms with Crippen LogP contribution in [0.2, 0.25) is 0 Å². The lowest BCUT2D eigenvalue weighted by molar-refractivity contribution is -0.149. The number of rotatable bonds is 1. The van der Waals surface area contributed by atoms with Crippen molar-refractivity contribution in [2.45, 2.75) is 25.3 Å². The van der Waals surface area contributed by atoms with E-state index in [0.717, 1.165) is 6.42 Å². The van der Waals surface area contributed by atoms with Gasteiger partial charge in [0, 0.05) is 0 Å². The molecule has 0 aromatic rings. The molecule has 3 heteroatoms. The largest absolute Gasteiger partial charge is 0.480 e. The summed E-state index contributed by atoms with van der Waals surface area (Å²) in [5.74, 6) is -0.565. The Kier molecular flexibility index (Phi) is 0.759. The molecule has 2 saturated carbocycles. The van der Waals surface area contributed by atoms with Gasteiger partial charge >= 0.3 is 5.97 Å². The van der Waals surface area contributed by atoms with Gasteiger partial charge in [0.25, 0.3) is 0 Å². The summed E-state index contributed by atoms with van der Waals surface area (Å²) >= 11 is 0. The van der Waals surface area contributed by atoms with Gasteiger partial charge in [0.2, 0.25) is 0 Å². The molecule has 3 unspecified atom stereocenters. The van der Waals surface area contributed by atoms with E-state index in [-0.39, 0.29) is 5.92 Å². The summed E-state index contributed by atoms with van der Waals surface area (Å²) in [7, 11) is 0. The van der Waals surface area contributed by atoms with Crippen molar-refractivity contribution >= 4 is 5.97 Å². The van der Waals surface area contributed by atoms with Crippen LogP contribution in [0.3, 0.4) is 0 Å². The van der Waals surface area contributed by atoms with E-state index in [0.29, 0.717) is 11.8 Å². The highest BCUT2D eigenvalue weighted by molar-refractivity contribution is 5.82. The van der Waals surface area contributed by atoms with Crippen LogP contribution < -0.4 is 5.73 Å². The van der Waals surface area contributed by atoms with Crippen molar-refractivity contribution in [2.24, 2.45) is 17.1 Å². The Hall–Kier alpha value is -0.570. The van der Waals surface area contributed by atoms with Crippen LogP contribution in [0.1, 0.15) is 19.8 Å². The fraction of sp³-hybridized carbons (Fsp3) is 0.857. The van der Waals surface area contributed by atoms with Gasteiger partial charge in [0.1, 0.15) is 5.54 Å². The first-order chi connectivity index (χ1) is 4.49. The summed E-state index contributed by atoms with van der Waals surface area (Å²) in [6.45, 7) is 2.10. The average molecular weight is 141 g/mol. The molecule has 0 spiro atoms. The topological polar surface area (TPSA) is 63.3 Å².